The number of rotatable bonds is 7. The van der Waals surface area contributed by atoms with Crippen molar-refractivity contribution < 1.29 is 18.8 Å². The Morgan fingerprint density at radius 3 is 2.29 bits per heavy atom. The van der Waals surface area contributed by atoms with Gasteiger partial charge in [-0.1, -0.05) is 12.1 Å². The fourth-order valence-electron chi connectivity index (χ4n) is 3.55. The largest absolute Gasteiger partial charge is 0.306 e. The Hall–Kier alpha value is -3.39. The summed E-state index contributed by atoms with van der Waals surface area (Å²) in [7, 11) is 0. The first-order valence-corrected chi connectivity index (χ1v) is 10.7. The van der Waals surface area contributed by atoms with Gasteiger partial charge in [0, 0.05) is 24.0 Å². The highest BCUT2D eigenvalue weighted by atomic mass is 32.1. The minimum Gasteiger partial charge on any atom is -0.306 e. The molecule has 6 nitrogen and oxygen atoms in total. The van der Waals surface area contributed by atoms with E-state index in [-0.39, 0.29) is 43.0 Å². The second kappa shape index (κ2) is 8.77. The average molecular weight is 437 g/mol. The molecular formula is C23H20FN3O3S. The molecule has 3 aromatic rings. The fourth-order valence-corrected chi connectivity index (χ4v) is 4.16. The number of anilines is 1. The van der Waals surface area contributed by atoms with Gasteiger partial charge in [-0.25, -0.2) is 9.37 Å². The van der Waals surface area contributed by atoms with Crippen molar-refractivity contribution in [3.8, 4) is 0 Å². The van der Waals surface area contributed by atoms with Crippen molar-refractivity contribution in [2.45, 2.75) is 26.3 Å². The summed E-state index contributed by atoms with van der Waals surface area (Å²) >= 11 is 1.49. The van der Waals surface area contributed by atoms with Crippen LogP contribution in [-0.4, -0.2) is 34.2 Å². The SMILES string of the molecule is Cc1nc(CN(C(=O)CCCN2C(=O)c3ccccc3C2=O)c2ccc(F)cc2)cs1. The first-order valence-electron chi connectivity index (χ1n) is 9.86. The first-order chi connectivity index (χ1) is 14.9. The molecule has 0 spiro atoms. The van der Waals surface area contributed by atoms with E-state index in [2.05, 4.69) is 4.98 Å². The molecular weight excluding hydrogens is 417 g/mol. The van der Waals surface area contributed by atoms with Crippen molar-refractivity contribution in [2.24, 2.45) is 0 Å². The van der Waals surface area contributed by atoms with E-state index in [9.17, 15) is 18.8 Å². The van der Waals surface area contributed by atoms with Crippen molar-refractivity contribution in [2.75, 3.05) is 11.4 Å². The number of nitrogens with zero attached hydrogens (tertiary/aromatic N) is 3. The lowest BCUT2D eigenvalue weighted by Gasteiger charge is -2.23. The smallest absolute Gasteiger partial charge is 0.261 e. The molecule has 8 heteroatoms. The Morgan fingerprint density at radius 2 is 1.71 bits per heavy atom. The molecule has 31 heavy (non-hydrogen) atoms. The minimum absolute atomic E-state index is 0.133. The van der Waals surface area contributed by atoms with Gasteiger partial charge in [0.05, 0.1) is 28.4 Å². The number of hydrogen-bond donors (Lipinski definition) is 0. The van der Waals surface area contributed by atoms with Gasteiger partial charge in [0.15, 0.2) is 0 Å². The molecule has 0 bridgehead atoms. The standard InChI is InChI=1S/C23H20FN3O3S/c1-15-25-17(14-31-15)13-27(18-10-8-16(24)9-11-18)21(28)7-4-12-26-22(29)19-5-2-3-6-20(19)23(26)30/h2-3,5-6,8-11,14H,4,7,12-13H2,1H3. The van der Waals surface area contributed by atoms with E-state index in [4.69, 9.17) is 0 Å². The summed E-state index contributed by atoms with van der Waals surface area (Å²) in [5.41, 5.74) is 2.11. The third-order valence-electron chi connectivity index (χ3n) is 5.08. The lowest BCUT2D eigenvalue weighted by molar-refractivity contribution is -0.118. The van der Waals surface area contributed by atoms with Crippen LogP contribution in [0.4, 0.5) is 10.1 Å². The van der Waals surface area contributed by atoms with Crippen LogP contribution in [-0.2, 0) is 11.3 Å². The third-order valence-corrected chi connectivity index (χ3v) is 5.90. The maximum absolute atomic E-state index is 13.4. The molecule has 1 aromatic heterocycles. The number of aromatic nitrogens is 1. The van der Waals surface area contributed by atoms with Crippen LogP contribution in [0.1, 0.15) is 44.3 Å². The van der Waals surface area contributed by atoms with Crippen LogP contribution >= 0.6 is 11.3 Å². The number of thiazole rings is 1. The lowest BCUT2D eigenvalue weighted by Crippen LogP contribution is -2.33. The maximum atomic E-state index is 13.4. The zero-order valence-corrected chi connectivity index (χ0v) is 17.7. The van der Waals surface area contributed by atoms with Gasteiger partial charge in [-0.2, -0.15) is 0 Å². The highest BCUT2D eigenvalue weighted by Gasteiger charge is 2.34. The molecule has 158 valence electrons. The monoisotopic (exact) mass is 437 g/mol. The lowest BCUT2D eigenvalue weighted by atomic mass is 10.1. The van der Waals surface area contributed by atoms with E-state index in [1.807, 2.05) is 12.3 Å². The molecule has 1 aliphatic rings. The second-order valence-electron chi connectivity index (χ2n) is 7.23. The molecule has 0 radical (unpaired) electrons. The molecule has 0 atom stereocenters. The van der Waals surface area contributed by atoms with Gasteiger partial charge >= 0.3 is 0 Å². The summed E-state index contributed by atoms with van der Waals surface area (Å²) < 4.78 is 13.4. The maximum Gasteiger partial charge on any atom is 0.261 e. The minimum atomic E-state index is -0.383. The predicted octanol–water partition coefficient (Wildman–Crippen LogP) is 4.20. The number of imide groups is 1. The number of carbonyl (C=O) groups is 3. The molecule has 0 N–H and O–H groups in total. The predicted molar refractivity (Wildman–Crippen MR) is 115 cm³/mol. The summed E-state index contributed by atoms with van der Waals surface area (Å²) in [6, 6.07) is 12.4. The van der Waals surface area contributed by atoms with Gasteiger partial charge in [-0.05, 0) is 49.7 Å². The van der Waals surface area contributed by atoms with E-state index in [0.29, 0.717) is 23.2 Å². The third kappa shape index (κ3) is 4.39. The van der Waals surface area contributed by atoms with E-state index < -0.39 is 0 Å². The van der Waals surface area contributed by atoms with Crippen molar-refractivity contribution in [3.63, 3.8) is 0 Å². The number of hydrogen-bond acceptors (Lipinski definition) is 5. The average Bonchev–Trinajstić information content (AvgIpc) is 3.29. The zero-order valence-electron chi connectivity index (χ0n) is 16.9. The van der Waals surface area contributed by atoms with Crippen molar-refractivity contribution >= 4 is 34.7 Å². The molecule has 3 amide bonds. The molecule has 0 saturated heterocycles. The van der Waals surface area contributed by atoms with Crippen LogP contribution in [0.3, 0.4) is 0 Å². The Labute approximate surface area is 182 Å². The summed E-state index contributed by atoms with van der Waals surface area (Å²) in [6.07, 6.45) is 0.464. The number of amides is 3. The Balaban J connectivity index is 1.43. The Morgan fingerprint density at radius 1 is 1.06 bits per heavy atom. The number of halogens is 1. The van der Waals surface area contributed by atoms with Crippen LogP contribution in [0.25, 0.3) is 0 Å². The van der Waals surface area contributed by atoms with Crippen LogP contribution in [0, 0.1) is 12.7 Å². The number of fused-ring (bicyclic) bond motifs is 1. The van der Waals surface area contributed by atoms with Gasteiger partial charge in [0.1, 0.15) is 5.82 Å². The molecule has 0 aliphatic carbocycles. The van der Waals surface area contributed by atoms with Gasteiger partial charge < -0.3 is 4.90 Å². The number of aryl methyl sites for hydroxylation is 1. The van der Waals surface area contributed by atoms with E-state index in [0.717, 1.165) is 10.7 Å². The van der Waals surface area contributed by atoms with Crippen LogP contribution in [0.2, 0.25) is 0 Å². The molecule has 0 unspecified atom stereocenters. The van der Waals surface area contributed by atoms with E-state index in [1.54, 1.807) is 41.3 Å². The summed E-state index contributed by atoms with van der Waals surface area (Å²) in [5.74, 6) is -1.23. The normalized spacial score (nSPS) is 12.9. The first kappa shape index (κ1) is 20.9. The van der Waals surface area contributed by atoms with Gasteiger partial charge in [0.2, 0.25) is 5.91 Å². The highest BCUT2D eigenvalue weighted by Crippen LogP contribution is 2.24. The zero-order chi connectivity index (χ0) is 22.0. The molecule has 2 heterocycles. The topological polar surface area (TPSA) is 70.6 Å². The van der Waals surface area contributed by atoms with Crippen LogP contribution in [0.5, 0.6) is 0 Å². The molecule has 2 aromatic carbocycles. The number of benzene rings is 2. The number of carbonyl (C=O) groups excluding carboxylic acids is 3. The van der Waals surface area contributed by atoms with Gasteiger partial charge in [-0.3, -0.25) is 19.3 Å². The quantitative estimate of drug-likeness (QED) is 0.520. The van der Waals surface area contributed by atoms with E-state index >= 15 is 0 Å². The van der Waals surface area contributed by atoms with Crippen molar-refractivity contribution in [1.82, 2.24) is 9.88 Å². The summed E-state index contributed by atoms with van der Waals surface area (Å²) in [4.78, 5) is 45.1. The van der Waals surface area contributed by atoms with Crippen molar-refractivity contribution in [1.29, 1.82) is 0 Å². The molecule has 0 saturated carbocycles. The fraction of sp³-hybridized carbons (Fsp3) is 0.217. The highest BCUT2D eigenvalue weighted by molar-refractivity contribution is 7.09. The summed E-state index contributed by atoms with van der Waals surface area (Å²) in [6.45, 7) is 2.31. The second-order valence-corrected chi connectivity index (χ2v) is 8.29. The summed E-state index contributed by atoms with van der Waals surface area (Å²) in [5, 5.41) is 2.78. The van der Waals surface area contributed by atoms with Gasteiger partial charge in [-0.15, -0.1) is 11.3 Å². The van der Waals surface area contributed by atoms with Crippen LogP contribution in [0.15, 0.2) is 53.9 Å². The van der Waals surface area contributed by atoms with E-state index in [1.165, 1.54) is 28.4 Å². The molecule has 1 aliphatic heterocycles. The molecule has 4 rings (SSSR count). The van der Waals surface area contributed by atoms with Crippen molar-refractivity contribution in [3.05, 3.63) is 81.6 Å². The molecule has 0 fully saturated rings. The van der Waals surface area contributed by atoms with Crippen LogP contribution < -0.4 is 4.90 Å². The Bertz CT molecular complexity index is 1110. The van der Waals surface area contributed by atoms with Gasteiger partial charge in [0.25, 0.3) is 11.8 Å². The Kier molecular flexibility index (Phi) is 5.90.